The highest BCUT2D eigenvalue weighted by Gasteiger charge is 2.26. The first-order chi connectivity index (χ1) is 14.5. The Labute approximate surface area is 180 Å². The molecule has 1 aliphatic carbocycles. The van der Waals surface area contributed by atoms with E-state index in [4.69, 9.17) is 4.98 Å². The molecular formula is C22H33N5O2S. The zero-order valence-electron chi connectivity index (χ0n) is 18.1. The lowest BCUT2D eigenvalue weighted by molar-refractivity contribution is 0.147. The highest BCUT2D eigenvalue weighted by molar-refractivity contribution is 7.89. The molecule has 2 aliphatic rings. The molecule has 0 N–H and O–H groups in total. The molecule has 1 saturated heterocycles. The zero-order chi connectivity index (χ0) is 21.1. The summed E-state index contributed by atoms with van der Waals surface area (Å²) < 4.78 is 27.0. The summed E-state index contributed by atoms with van der Waals surface area (Å²) in [5.74, 6) is 0.880. The summed E-state index contributed by atoms with van der Waals surface area (Å²) in [6, 6.07) is 5.83. The summed E-state index contributed by atoms with van der Waals surface area (Å²) in [6.07, 6.45) is 8.59. The number of sulfonamides is 1. The Hall–Kier alpha value is -1.77. The lowest BCUT2D eigenvalue weighted by Crippen LogP contribution is -2.51. The third-order valence-corrected chi connectivity index (χ3v) is 8.62. The molecule has 8 heteroatoms. The number of nitrogens with zero attached hydrogens (tertiary/aromatic N) is 5. The van der Waals surface area contributed by atoms with Gasteiger partial charge in [-0.1, -0.05) is 33.1 Å². The highest BCUT2D eigenvalue weighted by atomic mass is 32.2. The second-order valence-electron chi connectivity index (χ2n) is 8.28. The van der Waals surface area contributed by atoms with Crippen LogP contribution in [0.25, 0.3) is 11.0 Å². The molecule has 2 heterocycles. The lowest BCUT2D eigenvalue weighted by atomic mass is 9.94. The van der Waals surface area contributed by atoms with E-state index in [-0.39, 0.29) is 4.90 Å². The van der Waals surface area contributed by atoms with Crippen LogP contribution in [-0.4, -0.2) is 72.9 Å². The Morgan fingerprint density at radius 3 is 2.37 bits per heavy atom. The van der Waals surface area contributed by atoms with Gasteiger partial charge in [0.1, 0.15) is 5.82 Å². The van der Waals surface area contributed by atoms with Gasteiger partial charge in [-0.3, -0.25) is 9.88 Å². The first-order valence-electron chi connectivity index (χ1n) is 11.3. The van der Waals surface area contributed by atoms with Crippen LogP contribution in [0.1, 0.15) is 46.0 Å². The van der Waals surface area contributed by atoms with Crippen LogP contribution >= 0.6 is 0 Å². The Kier molecular flexibility index (Phi) is 6.55. The van der Waals surface area contributed by atoms with E-state index >= 15 is 0 Å². The van der Waals surface area contributed by atoms with E-state index in [0.717, 1.165) is 43.6 Å². The van der Waals surface area contributed by atoms with Gasteiger partial charge in [0.2, 0.25) is 10.0 Å². The van der Waals surface area contributed by atoms with Crippen molar-refractivity contribution >= 4 is 26.9 Å². The number of piperazine rings is 1. The summed E-state index contributed by atoms with van der Waals surface area (Å²) in [6.45, 7) is 8.68. The standard InChI is InChI=1S/C22H33N5O2S/c1-3-27(4-2)30(28,29)19-10-11-20-21(16-19)23-17-22(24-20)26-14-12-25(13-15-26)18-8-6-5-7-9-18/h10-11,16-18H,3-9,12-15H2,1-2H3. The number of fused-ring (bicyclic) bond motifs is 1. The highest BCUT2D eigenvalue weighted by Crippen LogP contribution is 2.25. The van der Waals surface area contributed by atoms with Gasteiger partial charge in [-0.25, -0.2) is 13.4 Å². The second-order valence-corrected chi connectivity index (χ2v) is 10.2. The van der Waals surface area contributed by atoms with Crippen LogP contribution < -0.4 is 4.90 Å². The van der Waals surface area contributed by atoms with E-state index in [9.17, 15) is 8.42 Å². The minimum absolute atomic E-state index is 0.279. The molecule has 0 atom stereocenters. The molecule has 0 unspecified atom stereocenters. The fraction of sp³-hybridized carbons (Fsp3) is 0.636. The summed E-state index contributed by atoms with van der Waals surface area (Å²) in [5.41, 5.74) is 1.36. The van der Waals surface area contributed by atoms with Crippen LogP contribution in [0, 0.1) is 0 Å². The Morgan fingerprint density at radius 2 is 1.70 bits per heavy atom. The first-order valence-corrected chi connectivity index (χ1v) is 12.7. The SMILES string of the molecule is CCN(CC)S(=O)(=O)c1ccc2nc(N3CCN(C4CCCCC4)CC3)cnc2c1. The molecule has 1 aromatic carbocycles. The maximum Gasteiger partial charge on any atom is 0.243 e. The van der Waals surface area contributed by atoms with Crippen molar-refractivity contribution in [2.75, 3.05) is 44.2 Å². The van der Waals surface area contributed by atoms with Crippen LogP contribution in [0.4, 0.5) is 5.82 Å². The van der Waals surface area contributed by atoms with Gasteiger partial charge in [0.25, 0.3) is 0 Å². The molecule has 0 amide bonds. The Balaban J connectivity index is 1.48. The van der Waals surface area contributed by atoms with Gasteiger partial charge >= 0.3 is 0 Å². The van der Waals surface area contributed by atoms with Crippen molar-refractivity contribution < 1.29 is 8.42 Å². The fourth-order valence-corrected chi connectivity index (χ4v) is 6.25. The lowest BCUT2D eigenvalue weighted by Gasteiger charge is -2.41. The van der Waals surface area contributed by atoms with Gasteiger partial charge in [0.05, 0.1) is 22.1 Å². The van der Waals surface area contributed by atoms with Gasteiger partial charge in [-0.05, 0) is 31.0 Å². The number of rotatable bonds is 6. The van der Waals surface area contributed by atoms with Gasteiger partial charge in [-0.15, -0.1) is 0 Å². The van der Waals surface area contributed by atoms with E-state index in [0.29, 0.717) is 18.6 Å². The molecular weight excluding hydrogens is 398 g/mol. The van der Waals surface area contributed by atoms with E-state index in [1.165, 1.54) is 36.4 Å². The molecule has 0 radical (unpaired) electrons. The average molecular weight is 432 g/mol. The minimum Gasteiger partial charge on any atom is -0.353 e. The number of hydrogen-bond acceptors (Lipinski definition) is 6. The molecule has 2 fully saturated rings. The number of anilines is 1. The maximum absolute atomic E-state index is 12.8. The van der Waals surface area contributed by atoms with Crippen molar-refractivity contribution in [3.8, 4) is 0 Å². The predicted molar refractivity (Wildman–Crippen MR) is 120 cm³/mol. The summed E-state index contributed by atoms with van der Waals surface area (Å²) in [4.78, 5) is 14.6. The summed E-state index contributed by atoms with van der Waals surface area (Å²) in [7, 11) is -3.49. The normalized spacial score (nSPS) is 19.6. The zero-order valence-corrected chi connectivity index (χ0v) is 18.9. The van der Waals surface area contributed by atoms with Gasteiger partial charge in [-0.2, -0.15) is 4.31 Å². The van der Waals surface area contributed by atoms with E-state index in [1.807, 2.05) is 13.8 Å². The van der Waals surface area contributed by atoms with Gasteiger partial charge in [0.15, 0.2) is 0 Å². The third kappa shape index (κ3) is 4.31. The quantitative estimate of drug-likeness (QED) is 0.700. The molecule has 7 nitrogen and oxygen atoms in total. The maximum atomic E-state index is 12.8. The topological polar surface area (TPSA) is 69.6 Å². The average Bonchev–Trinajstić information content (AvgIpc) is 2.79. The van der Waals surface area contributed by atoms with E-state index < -0.39 is 10.0 Å². The fourth-order valence-electron chi connectivity index (χ4n) is 4.77. The Bertz CT molecular complexity index is 963. The van der Waals surface area contributed by atoms with Gasteiger partial charge in [0, 0.05) is 45.3 Å². The number of benzene rings is 1. The largest absolute Gasteiger partial charge is 0.353 e. The third-order valence-electron chi connectivity index (χ3n) is 6.57. The molecule has 1 aliphatic heterocycles. The van der Waals surface area contributed by atoms with Crippen LogP contribution in [-0.2, 0) is 10.0 Å². The van der Waals surface area contributed by atoms with E-state index in [2.05, 4.69) is 14.8 Å². The molecule has 2 aromatic rings. The van der Waals surface area contributed by atoms with Crippen LogP contribution in [0.2, 0.25) is 0 Å². The molecule has 1 saturated carbocycles. The number of aromatic nitrogens is 2. The van der Waals surface area contributed by atoms with E-state index in [1.54, 1.807) is 24.4 Å². The second kappa shape index (κ2) is 9.16. The molecule has 1 aromatic heterocycles. The molecule has 164 valence electrons. The molecule has 0 bridgehead atoms. The van der Waals surface area contributed by atoms with Crippen LogP contribution in [0.5, 0.6) is 0 Å². The van der Waals surface area contributed by atoms with Crippen molar-refractivity contribution in [1.82, 2.24) is 19.2 Å². The predicted octanol–water partition coefficient (Wildman–Crippen LogP) is 3.12. The monoisotopic (exact) mass is 431 g/mol. The van der Waals surface area contributed by atoms with Crippen molar-refractivity contribution in [3.05, 3.63) is 24.4 Å². The van der Waals surface area contributed by atoms with Crippen molar-refractivity contribution in [1.29, 1.82) is 0 Å². The first kappa shape index (κ1) is 21.5. The number of hydrogen-bond donors (Lipinski definition) is 0. The summed E-state index contributed by atoms with van der Waals surface area (Å²) in [5, 5.41) is 0. The van der Waals surface area contributed by atoms with Crippen LogP contribution in [0.15, 0.2) is 29.3 Å². The van der Waals surface area contributed by atoms with Crippen molar-refractivity contribution in [2.45, 2.75) is 56.9 Å². The van der Waals surface area contributed by atoms with Crippen LogP contribution in [0.3, 0.4) is 0 Å². The Morgan fingerprint density at radius 1 is 1.00 bits per heavy atom. The molecule has 4 rings (SSSR count). The molecule has 30 heavy (non-hydrogen) atoms. The smallest absolute Gasteiger partial charge is 0.243 e. The van der Waals surface area contributed by atoms with Gasteiger partial charge < -0.3 is 4.90 Å². The minimum atomic E-state index is -3.49. The summed E-state index contributed by atoms with van der Waals surface area (Å²) >= 11 is 0. The van der Waals surface area contributed by atoms with Crippen molar-refractivity contribution in [3.63, 3.8) is 0 Å². The van der Waals surface area contributed by atoms with Crippen molar-refractivity contribution in [2.24, 2.45) is 0 Å². The molecule has 0 spiro atoms.